The third kappa shape index (κ3) is 3.61. The molecule has 0 aromatic heterocycles. The number of aliphatic hydroxyl groups is 1. The van der Waals surface area contributed by atoms with Gasteiger partial charge in [-0.1, -0.05) is 12.8 Å². The number of benzene rings is 1. The molecule has 0 heterocycles. The van der Waals surface area contributed by atoms with Crippen LogP contribution in [-0.2, 0) is 9.84 Å². The predicted molar refractivity (Wildman–Crippen MR) is 78.2 cm³/mol. The molecule has 2 atom stereocenters. The molecule has 1 fully saturated rings. The van der Waals surface area contributed by atoms with Gasteiger partial charge in [-0.2, -0.15) is 13.2 Å². The molecule has 1 saturated carbocycles. The molecule has 11 heteroatoms. The topological polar surface area (TPSA) is 110 Å². The zero-order chi connectivity index (χ0) is 18.1. The molecular weight excluding hydrogens is 353 g/mol. The van der Waals surface area contributed by atoms with E-state index in [1.54, 1.807) is 0 Å². The molecule has 0 spiro atoms. The lowest BCUT2D eigenvalue weighted by atomic mass is 9.92. The highest BCUT2D eigenvalue weighted by Crippen LogP contribution is 2.35. The molecule has 24 heavy (non-hydrogen) atoms. The molecule has 1 aliphatic rings. The monoisotopic (exact) mass is 368 g/mol. The third-order valence-electron chi connectivity index (χ3n) is 3.85. The summed E-state index contributed by atoms with van der Waals surface area (Å²) in [7, 11) is -5.67. The van der Waals surface area contributed by atoms with E-state index in [1.165, 1.54) is 0 Å². The van der Waals surface area contributed by atoms with Crippen molar-refractivity contribution in [3.63, 3.8) is 0 Å². The van der Waals surface area contributed by atoms with Crippen LogP contribution in [0.5, 0.6) is 0 Å². The number of sulfone groups is 1. The molecule has 1 aliphatic carbocycles. The van der Waals surface area contributed by atoms with Gasteiger partial charge in [0.15, 0.2) is 0 Å². The molecule has 0 unspecified atom stereocenters. The van der Waals surface area contributed by atoms with Gasteiger partial charge in [0.25, 0.3) is 15.5 Å². The standard InChI is InChI=1S/C13H15F3N2O5S/c14-13(15,16)24(22,23)8-5-6-9(11(7-8)18(20)21)17-10-3-1-2-4-12(10)19/h5-7,10,12,17,19H,1-4H2/t10-,12-/m0/s1. The van der Waals surface area contributed by atoms with E-state index < -0.39 is 43.0 Å². The molecule has 1 aromatic rings. The molecule has 2 rings (SSSR count). The number of hydrogen-bond acceptors (Lipinski definition) is 6. The third-order valence-corrected chi connectivity index (χ3v) is 5.34. The SMILES string of the molecule is O=[N+]([O-])c1cc(S(=O)(=O)C(F)(F)F)ccc1N[C@H]1CCCC[C@@H]1O. The van der Waals surface area contributed by atoms with Crippen LogP contribution >= 0.6 is 0 Å². The van der Waals surface area contributed by atoms with Gasteiger partial charge in [-0.05, 0) is 25.0 Å². The van der Waals surface area contributed by atoms with Gasteiger partial charge >= 0.3 is 5.51 Å². The van der Waals surface area contributed by atoms with E-state index >= 15 is 0 Å². The minimum absolute atomic E-state index is 0.132. The van der Waals surface area contributed by atoms with Crippen molar-refractivity contribution in [3.05, 3.63) is 28.3 Å². The molecule has 0 aliphatic heterocycles. The van der Waals surface area contributed by atoms with Crippen molar-refractivity contribution in [3.8, 4) is 0 Å². The average molecular weight is 368 g/mol. The van der Waals surface area contributed by atoms with Crippen molar-refractivity contribution < 1.29 is 31.6 Å². The fourth-order valence-corrected chi connectivity index (χ4v) is 3.35. The van der Waals surface area contributed by atoms with Gasteiger partial charge < -0.3 is 10.4 Å². The number of nitro groups is 1. The van der Waals surface area contributed by atoms with E-state index in [0.717, 1.165) is 18.9 Å². The van der Waals surface area contributed by atoms with Gasteiger partial charge in [-0.15, -0.1) is 0 Å². The van der Waals surface area contributed by atoms with Crippen molar-refractivity contribution in [1.82, 2.24) is 0 Å². The second kappa shape index (κ2) is 6.55. The maximum Gasteiger partial charge on any atom is 0.501 e. The van der Waals surface area contributed by atoms with Crippen LogP contribution in [0.4, 0.5) is 24.5 Å². The normalized spacial score (nSPS) is 22.2. The zero-order valence-electron chi connectivity index (χ0n) is 12.3. The first-order valence-corrected chi connectivity index (χ1v) is 8.57. The Balaban J connectivity index is 2.39. The van der Waals surface area contributed by atoms with Gasteiger partial charge in [-0.25, -0.2) is 8.42 Å². The van der Waals surface area contributed by atoms with Gasteiger partial charge in [-0.3, -0.25) is 10.1 Å². The Morgan fingerprint density at radius 3 is 2.42 bits per heavy atom. The van der Waals surface area contributed by atoms with Crippen molar-refractivity contribution in [2.45, 2.75) is 48.2 Å². The summed E-state index contributed by atoms with van der Waals surface area (Å²) in [5.74, 6) is 0. The Hall–Kier alpha value is -1.88. The van der Waals surface area contributed by atoms with Crippen molar-refractivity contribution in [2.75, 3.05) is 5.32 Å². The van der Waals surface area contributed by atoms with Crippen molar-refractivity contribution >= 4 is 21.2 Å². The largest absolute Gasteiger partial charge is 0.501 e. The molecule has 1 aromatic carbocycles. The van der Waals surface area contributed by atoms with Gasteiger partial charge in [0.05, 0.1) is 22.0 Å². The number of halogens is 3. The van der Waals surface area contributed by atoms with Gasteiger partial charge in [0, 0.05) is 6.07 Å². The highest BCUT2D eigenvalue weighted by Gasteiger charge is 2.47. The fourth-order valence-electron chi connectivity index (χ4n) is 2.56. The molecule has 134 valence electrons. The van der Waals surface area contributed by atoms with Crippen LogP contribution in [0.2, 0.25) is 0 Å². The quantitative estimate of drug-likeness (QED) is 0.624. The zero-order valence-corrected chi connectivity index (χ0v) is 13.1. The van der Waals surface area contributed by atoms with Crippen LogP contribution < -0.4 is 5.32 Å². The number of rotatable bonds is 4. The van der Waals surface area contributed by atoms with Crippen LogP contribution in [0.15, 0.2) is 23.1 Å². The summed E-state index contributed by atoms with van der Waals surface area (Å²) >= 11 is 0. The van der Waals surface area contributed by atoms with E-state index in [1.807, 2.05) is 0 Å². The Labute approximate surface area is 135 Å². The highest BCUT2D eigenvalue weighted by molar-refractivity contribution is 7.92. The number of alkyl halides is 3. The number of nitro benzene ring substituents is 1. The smallest absolute Gasteiger partial charge is 0.391 e. The van der Waals surface area contributed by atoms with Crippen LogP contribution in [0, 0.1) is 10.1 Å². The van der Waals surface area contributed by atoms with Crippen LogP contribution in [0.25, 0.3) is 0 Å². The molecular formula is C13H15F3N2O5S. The minimum atomic E-state index is -5.67. The number of anilines is 1. The Morgan fingerprint density at radius 1 is 1.25 bits per heavy atom. The number of nitrogens with zero attached hydrogens (tertiary/aromatic N) is 1. The van der Waals surface area contributed by atoms with E-state index in [4.69, 9.17) is 0 Å². The highest BCUT2D eigenvalue weighted by atomic mass is 32.2. The summed E-state index contributed by atoms with van der Waals surface area (Å²) in [5.41, 5.74) is -6.47. The maximum absolute atomic E-state index is 12.6. The Kier molecular flexibility index (Phi) is 5.04. The van der Waals surface area contributed by atoms with E-state index in [0.29, 0.717) is 25.0 Å². The Bertz CT molecular complexity index is 736. The number of hydrogen-bond donors (Lipinski definition) is 2. The first-order chi connectivity index (χ1) is 11.0. The van der Waals surface area contributed by atoms with Crippen LogP contribution in [0.3, 0.4) is 0 Å². The van der Waals surface area contributed by atoms with Gasteiger partial charge in [0.1, 0.15) is 5.69 Å². The van der Waals surface area contributed by atoms with E-state index in [-0.39, 0.29) is 5.69 Å². The molecule has 0 amide bonds. The lowest BCUT2D eigenvalue weighted by Crippen LogP contribution is -2.36. The first-order valence-electron chi connectivity index (χ1n) is 7.08. The number of aliphatic hydroxyl groups excluding tert-OH is 1. The maximum atomic E-state index is 12.6. The fraction of sp³-hybridized carbons (Fsp3) is 0.538. The first kappa shape index (κ1) is 18.5. The minimum Gasteiger partial charge on any atom is -0.391 e. The molecule has 0 radical (unpaired) electrons. The molecule has 0 bridgehead atoms. The number of nitrogens with one attached hydrogen (secondary N) is 1. The van der Waals surface area contributed by atoms with Crippen LogP contribution in [0.1, 0.15) is 25.7 Å². The summed E-state index contributed by atoms with van der Waals surface area (Å²) in [6.45, 7) is 0. The second-order valence-corrected chi connectivity index (χ2v) is 7.43. The summed E-state index contributed by atoms with van der Waals surface area (Å²) in [4.78, 5) is 8.94. The molecule has 0 saturated heterocycles. The summed E-state index contributed by atoms with van der Waals surface area (Å²) in [5, 5.41) is 23.7. The predicted octanol–water partition coefficient (Wildman–Crippen LogP) is 2.60. The second-order valence-electron chi connectivity index (χ2n) is 5.49. The van der Waals surface area contributed by atoms with E-state index in [2.05, 4.69) is 5.32 Å². The average Bonchev–Trinajstić information content (AvgIpc) is 2.48. The van der Waals surface area contributed by atoms with E-state index in [9.17, 15) is 36.8 Å². The lowest BCUT2D eigenvalue weighted by Gasteiger charge is -2.29. The molecule has 7 nitrogen and oxygen atoms in total. The van der Waals surface area contributed by atoms with Crippen molar-refractivity contribution in [2.24, 2.45) is 0 Å². The summed E-state index contributed by atoms with van der Waals surface area (Å²) < 4.78 is 60.5. The van der Waals surface area contributed by atoms with Crippen LogP contribution in [-0.4, -0.2) is 36.1 Å². The van der Waals surface area contributed by atoms with Gasteiger partial charge in [0.2, 0.25) is 0 Å². The summed E-state index contributed by atoms with van der Waals surface area (Å²) in [6.07, 6.45) is 1.91. The Morgan fingerprint density at radius 2 is 1.88 bits per heavy atom. The van der Waals surface area contributed by atoms with Crippen molar-refractivity contribution in [1.29, 1.82) is 0 Å². The lowest BCUT2D eigenvalue weighted by molar-refractivity contribution is -0.384. The summed E-state index contributed by atoms with van der Waals surface area (Å²) in [6, 6.07) is 1.47. The molecule has 2 N–H and O–H groups in total.